The molecule has 0 aromatic heterocycles. The molecule has 10 heavy (non-hydrogen) atoms. The Bertz CT molecular complexity index is 60.6. The molecule has 2 unspecified atom stereocenters. The molecule has 3 heteroatoms. The second-order valence-electron chi connectivity index (χ2n) is 2.71. The van der Waals surface area contributed by atoms with E-state index in [-0.39, 0.29) is 46.5 Å². The molecule has 0 aliphatic heterocycles. The first-order valence-corrected chi connectivity index (χ1v) is 3.12. The van der Waals surface area contributed by atoms with Crippen LogP contribution in [0.4, 0.5) is 0 Å². The fraction of sp³-hybridized carbons (Fsp3) is 0.857. The van der Waals surface area contributed by atoms with Crippen molar-refractivity contribution in [2.75, 3.05) is 0 Å². The summed E-state index contributed by atoms with van der Waals surface area (Å²) in [6.07, 6.45) is 5.09. The first kappa shape index (κ1) is 17.4. The summed E-state index contributed by atoms with van der Waals surface area (Å²) in [6, 6.07) is 0. The van der Waals surface area contributed by atoms with Gasteiger partial charge >= 0.3 is 21.7 Å². The van der Waals surface area contributed by atoms with Crippen LogP contribution in [-0.4, -0.2) is 0 Å². The third-order valence-corrected chi connectivity index (χ3v) is 2.05. The maximum atomic E-state index is 2.40. The molecule has 1 fully saturated rings. The Morgan fingerprint density at radius 1 is 1.00 bits per heavy atom. The topological polar surface area (TPSA) is 0 Å². The van der Waals surface area contributed by atoms with Gasteiger partial charge in [-0.2, -0.15) is 12.8 Å². The van der Waals surface area contributed by atoms with Gasteiger partial charge in [0.25, 0.3) is 0 Å². The second kappa shape index (κ2) is 8.39. The van der Waals surface area contributed by atoms with Crippen LogP contribution in [0.5, 0.6) is 0 Å². The minimum Gasteiger partial charge on any atom is -1.00 e. The van der Waals surface area contributed by atoms with E-state index in [9.17, 15) is 0 Å². The number of rotatable bonds is 0. The molecule has 0 aromatic rings. The standard InChI is InChI=1S/C7H13.2ClH.Ti/c1-6-4-3-5-7(6)2;;;/h3,6-7H,4-5H2,1-2H3;2*1H;/q-1;;;+3/p-2. The summed E-state index contributed by atoms with van der Waals surface area (Å²) >= 11 is 0. The summed E-state index contributed by atoms with van der Waals surface area (Å²) in [6.45, 7) is 4.66. The van der Waals surface area contributed by atoms with Crippen molar-refractivity contribution >= 4 is 0 Å². The van der Waals surface area contributed by atoms with Gasteiger partial charge < -0.3 is 31.2 Å². The first-order valence-electron chi connectivity index (χ1n) is 3.12. The molecule has 0 N–H and O–H groups in total. The Morgan fingerprint density at radius 3 is 1.40 bits per heavy atom. The van der Waals surface area contributed by atoms with Crippen molar-refractivity contribution in [1.29, 1.82) is 0 Å². The van der Waals surface area contributed by atoms with Crippen molar-refractivity contribution < 1.29 is 46.5 Å². The van der Waals surface area contributed by atoms with Gasteiger partial charge in [-0.3, -0.25) is 0 Å². The van der Waals surface area contributed by atoms with E-state index in [2.05, 4.69) is 20.3 Å². The maximum Gasteiger partial charge on any atom is 3.00 e. The van der Waals surface area contributed by atoms with E-state index in [0.29, 0.717) is 0 Å². The molecule has 0 aromatic carbocycles. The Labute approximate surface area is 91.2 Å². The predicted octanol–water partition coefficient (Wildman–Crippen LogP) is -3.74. The molecule has 0 amide bonds. The van der Waals surface area contributed by atoms with Crippen LogP contribution in [0.15, 0.2) is 0 Å². The van der Waals surface area contributed by atoms with Crippen LogP contribution >= 0.6 is 0 Å². The van der Waals surface area contributed by atoms with Crippen molar-refractivity contribution in [1.82, 2.24) is 0 Å². The molecule has 0 spiro atoms. The summed E-state index contributed by atoms with van der Waals surface area (Å²) in [5, 5.41) is 0. The van der Waals surface area contributed by atoms with Crippen LogP contribution in [0.2, 0.25) is 0 Å². The van der Waals surface area contributed by atoms with Gasteiger partial charge in [0.05, 0.1) is 0 Å². The molecule has 1 saturated carbocycles. The van der Waals surface area contributed by atoms with Crippen molar-refractivity contribution in [2.24, 2.45) is 11.8 Å². The fourth-order valence-corrected chi connectivity index (χ4v) is 1.09. The van der Waals surface area contributed by atoms with E-state index in [4.69, 9.17) is 0 Å². The zero-order valence-electron chi connectivity index (χ0n) is 6.40. The van der Waals surface area contributed by atoms with Crippen molar-refractivity contribution in [3.8, 4) is 0 Å². The maximum absolute atomic E-state index is 2.40. The SMILES string of the molecule is CC1C[CH-]CC1C.[Cl-].[Cl-].[Ti+3]. The molecule has 0 saturated heterocycles. The zero-order valence-corrected chi connectivity index (χ0v) is 9.48. The van der Waals surface area contributed by atoms with Crippen LogP contribution in [-0.2, 0) is 21.7 Å². The van der Waals surface area contributed by atoms with Gasteiger partial charge in [0.15, 0.2) is 0 Å². The Balaban J connectivity index is -0.000000163. The van der Waals surface area contributed by atoms with Crippen molar-refractivity contribution in [3.05, 3.63) is 6.42 Å². The third-order valence-electron chi connectivity index (χ3n) is 2.05. The van der Waals surface area contributed by atoms with Gasteiger partial charge in [-0.05, 0) is 0 Å². The van der Waals surface area contributed by atoms with Crippen molar-refractivity contribution in [3.63, 3.8) is 0 Å². The molecule has 1 rings (SSSR count). The molecular weight excluding hydrogens is 203 g/mol. The number of hydrogen-bond donors (Lipinski definition) is 0. The van der Waals surface area contributed by atoms with Gasteiger partial charge in [0.2, 0.25) is 0 Å². The number of hydrogen-bond acceptors (Lipinski definition) is 0. The molecular formula is C7H13Cl2Ti. The van der Waals surface area contributed by atoms with E-state index < -0.39 is 0 Å². The van der Waals surface area contributed by atoms with Gasteiger partial charge in [0, 0.05) is 0 Å². The van der Waals surface area contributed by atoms with Gasteiger partial charge in [-0.1, -0.05) is 25.7 Å². The minimum atomic E-state index is 0. The van der Waals surface area contributed by atoms with Crippen LogP contribution < -0.4 is 24.8 Å². The van der Waals surface area contributed by atoms with Crippen LogP contribution in [0, 0.1) is 18.3 Å². The summed E-state index contributed by atoms with van der Waals surface area (Å²) in [7, 11) is 0. The van der Waals surface area contributed by atoms with Crippen LogP contribution in [0.25, 0.3) is 0 Å². The van der Waals surface area contributed by atoms with E-state index in [0.717, 1.165) is 11.8 Å². The van der Waals surface area contributed by atoms with Gasteiger partial charge in [-0.25, -0.2) is 0 Å². The van der Waals surface area contributed by atoms with Crippen LogP contribution in [0.3, 0.4) is 0 Å². The molecule has 0 nitrogen and oxygen atoms in total. The van der Waals surface area contributed by atoms with Gasteiger partial charge in [-0.15, -0.1) is 0 Å². The third kappa shape index (κ3) is 5.01. The first-order chi connectivity index (χ1) is 3.30. The molecule has 1 aliphatic rings. The van der Waals surface area contributed by atoms with E-state index >= 15 is 0 Å². The molecule has 2 atom stereocenters. The van der Waals surface area contributed by atoms with Gasteiger partial charge in [0.1, 0.15) is 0 Å². The zero-order chi connectivity index (χ0) is 5.28. The Kier molecular flexibility index (Phi) is 14.6. The molecule has 0 heterocycles. The minimum absolute atomic E-state index is 0. The average molecular weight is 216 g/mol. The molecule has 1 radical (unpaired) electrons. The molecule has 1 aliphatic carbocycles. The largest absolute Gasteiger partial charge is 3.00 e. The molecule has 59 valence electrons. The monoisotopic (exact) mass is 215 g/mol. The quantitative estimate of drug-likeness (QED) is 0.288. The van der Waals surface area contributed by atoms with E-state index in [1.807, 2.05) is 0 Å². The van der Waals surface area contributed by atoms with Crippen LogP contribution in [0.1, 0.15) is 26.7 Å². The van der Waals surface area contributed by atoms with E-state index in [1.165, 1.54) is 12.8 Å². The van der Waals surface area contributed by atoms with E-state index in [1.54, 1.807) is 0 Å². The summed E-state index contributed by atoms with van der Waals surface area (Å²) in [4.78, 5) is 0. The fourth-order valence-electron chi connectivity index (χ4n) is 1.09. The normalized spacial score (nSPS) is 29.4. The second-order valence-corrected chi connectivity index (χ2v) is 2.71. The van der Waals surface area contributed by atoms with Crippen molar-refractivity contribution in [2.45, 2.75) is 26.7 Å². The smallest absolute Gasteiger partial charge is 1.00 e. The summed E-state index contributed by atoms with van der Waals surface area (Å²) < 4.78 is 0. The average Bonchev–Trinajstić information content (AvgIpc) is 1.91. The Morgan fingerprint density at radius 2 is 1.30 bits per heavy atom. The summed E-state index contributed by atoms with van der Waals surface area (Å²) in [5.74, 6) is 1.92. The summed E-state index contributed by atoms with van der Waals surface area (Å²) in [5.41, 5.74) is 0. The Hall–Kier alpha value is 1.29. The predicted molar refractivity (Wildman–Crippen MR) is 31.9 cm³/mol. The number of halogens is 2. The molecule has 0 bridgehead atoms.